The van der Waals surface area contributed by atoms with Gasteiger partial charge in [0.15, 0.2) is 10.8 Å². The van der Waals surface area contributed by atoms with E-state index in [0.29, 0.717) is 10.8 Å². The van der Waals surface area contributed by atoms with E-state index in [1.54, 1.807) is 10.7 Å². The van der Waals surface area contributed by atoms with Crippen LogP contribution in [0.1, 0.15) is 41.5 Å². The van der Waals surface area contributed by atoms with Gasteiger partial charge in [-0.05, 0) is 55.3 Å². The molecule has 0 saturated heterocycles. The number of nitrogens with one attached hydrogen (secondary N) is 1. The van der Waals surface area contributed by atoms with Gasteiger partial charge in [0.05, 0.1) is 10.2 Å². The highest BCUT2D eigenvalue weighted by Gasteiger charge is 2.19. The van der Waals surface area contributed by atoms with Crippen molar-refractivity contribution in [2.75, 3.05) is 5.32 Å². The molecule has 0 radical (unpaired) electrons. The first kappa shape index (κ1) is 15.5. The minimum absolute atomic E-state index is 0.222. The van der Waals surface area contributed by atoms with Crippen LogP contribution in [-0.4, -0.2) is 20.7 Å². The van der Waals surface area contributed by atoms with Crippen molar-refractivity contribution in [1.82, 2.24) is 14.8 Å². The number of nitrogens with zero attached hydrogens (tertiary/aromatic N) is 3. The Bertz CT molecular complexity index is 1170. The van der Waals surface area contributed by atoms with Crippen molar-refractivity contribution in [1.29, 1.82) is 0 Å². The number of amides is 1. The quantitative estimate of drug-likeness (QED) is 0.580. The Morgan fingerprint density at radius 3 is 2.88 bits per heavy atom. The van der Waals surface area contributed by atoms with Crippen LogP contribution in [-0.2, 0) is 12.8 Å². The third kappa shape index (κ3) is 2.33. The highest BCUT2D eigenvalue weighted by Crippen LogP contribution is 2.39. The summed E-state index contributed by atoms with van der Waals surface area (Å²) in [5, 5.41) is 10.4. The number of rotatable bonds is 3. The van der Waals surface area contributed by atoms with E-state index in [9.17, 15) is 4.79 Å². The Labute approximate surface area is 154 Å². The van der Waals surface area contributed by atoms with E-state index < -0.39 is 0 Å². The minimum atomic E-state index is -0.222. The van der Waals surface area contributed by atoms with Crippen LogP contribution < -0.4 is 5.32 Å². The van der Waals surface area contributed by atoms with Crippen molar-refractivity contribution in [3.8, 4) is 0 Å². The third-order valence-corrected chi connectivity index (χ3v) is 5.86. The molecule has 2 aromatic carbocycles. The summed E-state index contributed by atoms with van der Waals surface area (Å²) in [6.45, 7) is 4.06. The maximum Gasteiger partial charge on any atom is 0.277 e. The van der Waals surface area contributed by atoms with Crippen LogP contribution in [0.4, 0.5) is 5.13 Å². The molecule has 1 N–H and O–H groups in total. The maximum atomic E-state index is 12.5. The van der Waals surface area contributed by atoms with Crippen molar-refractivity contribution in [3.63, 3.8) is 0 Å². The Hall–Kier alpha value is -2.73. The molecule has 1 amide bonds. The molecule has 0 fully saturated rings. The molecule has 26 heavy (non-hydrogen) atoms. The molecule has 0 spiro atoms. The lowest BCUT2D eigenvalue weighted by Gasteiger charge is -2.03. The molecule has 5 nitrogen and oxygen atoms in total. The van der Waals surface area contributed by atoms with Crippen LogP contribution in [0.25, 0.3) is 21.0 Å². The molecule has 0 saturated carbocycles. The van der Waals surface area contributed by atoms with Gasteiger partial charge in [0.1, 0.15) is 0 Å². The number of hydrogen-bond acceptors (Lipinski definition) is 4. The van der Waals surface area contributed by atoms with Gasteiger partial charge >= 0.3 is 0 Å². The molecular weight excluding hydrogens is 344 g/mol. The van der Waals surface area contributed by atoms with Crippen LogP contribution in [0.3, 0.4) is 0 Å². The monoisotopic (exact) mass is 362 g/mol. The minimum Gasteiger partial charge on any atom is -0.296 e. The van der Waals surface area contributed by atoms with Gasteiger partial charge in [-0.15, -0.1) is 0 Å². The van der Waals surface area contributed by atoms with E-state index in [1.165, 1.54) is 33.2 Å². The second kappa shape index (κ2) is 5.64. The van der Waals surface area contributed by atoms with Gasteiger partial charge in [0.2, 0.25) is 0 Å². The van der Waals surface area contributed by atoms with Crippen LogP contribution in [0.5, 0.6) is 0 Å². The molecule has 0 atom stereocenters. The van der Waals surface area contributed by atoms with Crippen molar-refractivity contribution < 1.29 is 4.79 Å². The lowest BCUT2D eigenvalue weighted by atomic mass is 10.0. The van der Waals surface area contributed by atoms with Crippen LogP contribution in [0.15, 0.2) is 36.5 Å². The zero-order valence-corrected chi connectivity index (χ0v) is 15.4. The summed E-state index contributed by atoms with van der Waals surface area (Å²) in [6, 6.07) is 10.6. The van der Waals surface area contributed by atoms with E-state index in [2.05, 4.69) is 34.7 Å². The molecule has 4 aromatic rings. The molecule has 0 bridgehead atoms. The Morgan fingerprint density at radius 1 is 1.23 bits per heavy atom. The summed E-state index contributed by atoms with van der Waals surface area (Å²) in [5.74, 6) is -0.222. The average molecular weight is 362 g/mol. The predicted octanol–water partition coefficient (Wildman–Crippen LogP) is 4.58. The van der Waals surface area contributed by atoms with E-state index in [4.69, 9.17) is 4.98 Å². The zero-order chi connectivity index (χ0) is 17.8. The van der Waals surface area contributed by atoms with Gasteiger partial charge in [-0.3, -0.25) is 14.8 Å². The fraction of sp³-hybridized carbons (Fsp3) is 0.250. The summed E-state index contributed by atoms with van der Waals surface area (Å²) in [6.07, 6.45) is 4.01. The van der Waals surface area contributed by atoms with E-state index in [1.807, 2.05) is 20.0 Å². The zero-order valence-electron chi connectivity index (χ0n) is 14.6. The molecule has 0 unspecified atom stereocenters. The van der Waals surface area contributed by atoms with Crippen LogP contribution in [0, 0.1) is 0 Å². The van der Waals surface area contributed by atoms with Crippen LogP contribution >= 0.6 is 11.3 Å². The number of thiazole rings is 1. The molecule has 2 heterocycles. The third-order valence-electron chi connectivity index (χ3n) is 4.94. The van der Waals surface area contributed by atoms with E-state index in [-0.39, 0.29) is 11.9 Å². The number of aromatic nitrogens is 3. The molecule has 0 aliphatic heterocycles. The Balaban J connectivity index is 1.53. The average Bonchev–Trinajstić information content (AvgIpc) is 3.34. The molecule has 2 aromatic heterocycles. The second-order valence-corrected chi connectivity index (χ2v) is 8.00. The highest BCUT2D eigenvalue weighted by molar-refractivity contribution is 7.22. The van der Waals surface area contributed by atoms with E-state index >= 15 is 0 Å². The fourth-order valence-electron chi connectivity index (χ4n) is 3.67. The molecule has 6 heteroatoms. The Morgan fingerprint density at radius 2 is 2.08 bits per heavy atom. The van der Waals surface area contributed by atoms with Crippen LogP contribution in [0.2, 0.25) is 0 Å². The standard InChI is InChI=1S/C20H18N4OS/c1-11(2)24-9-8-15(23-24)19(25)22-20-21-18-14-5-3-4-12-6-7-13(17(12)14)10-16(18)26-20/h3-5,8-11H,6-7H2,1-2H3,(H,21,22,25). The van der Waals surface area contributed by atoms with Crippen molar-refractivity contribution in [2.24, 2.45) is 0 Å². The predicted molar refractivity (Wildman–Crippen MR) is 105 cm³/mol. The molecular formula is C20H18N4OS. The normalized spacial score (nSPS) is 13.2. The first-order valence-electron chi connectivity index (χ1n) is 8.80. The second-order valence-electron chi connectivity index (χ2n) is 6.97. The largest absolute Gasteiger partial charge is 0.296 e. The number of carbonyl (C=O) groups is 1. The van der Waals surface area contributed by atoms with Crippen molar-refractivity contribution in [2.45, 2.75) is 32.7 Å². The van der Waals surface area contributed by atoms with Gasteiger partial charge in [0.25, 0.3) is 5.91 Å². The fourth-order valence-corrected chi connectivity index (χ4v) is 4.61. The lowest BCUT2D eigenvalue weighted by molar-refractivity contribution is 0.102. The first-order chi connectivity index (χ1) is 12.6. The number of benzene rings is 2. The summed E-state index contributed by atoms with van der Waals surface area (Å²) in [4.78, 5) is 17.2. The molecule has 130 valence electrons. The number of anilines is 1. The SMILES string of the molecule is CC(C)n1ccc(C(=O)Nc2nc3c(cc4c5c(cccc53)CC4)s2)n1. The molecule has 5 rings (SSSR count). The first-order valence-corrected chi connectivity index (χ1v) is 9.62. The lowest BCUT2D eigenvalue weighted by Crippen LogP contribution is -2.13. The smallest absolute Gasteiger partial charge is 0.277 e. The summed E-state index contributed by atoms with van der Waals surface area (Å²) in [7, 11) is 0. The van der Waals surface area contributed by atoms with Gasteiger partial charge in [-0.25, -0.2) is 4.98 Å². The van der Waals surface area contributed by atoms with Crippen molar-refractivity contribution in [3.05, 3.63) is 53.3 Å². The van der Waals surface area contributed by atoms with Gasteiger partial charge in [-0.2, -0.15) is 5.10 Å². The summed E-state index contributed by atoms with van der Waals surface area (Å²) < 4.78 is 2.90. The van der Waals surface area contributed by atoms with Gasteiger partial charge in [-0.1, -0.05) is 29.5 Å². The number of carbonyl (C=O) groups excluding carboxylic acids is 1. The van der Waals surface area contributed by atoms with E-state index in [0.717, 1.165) is 23.1 Å². The van der Waals surface area contributed by atoms with Gasteiger partial charge < -0.3 is 0 Å². The maximum absolute atomic E-state index is 12.5. The highest BCUT2D eigenvalue weighted by atomic mass is 32.1. The number of aryl methyl sites for hydroxylation is 2. The number of fused-ring (bicyclic) bond motifs is 2. The molecule has 1 aliphatic rings. The Kier molecular flexibility index (Phi) is 3.37. The summed E-state index contributed by atoms with van der Waals surface area (Å²) >= 11 is 1.52. The van der Waals surface area contributed by atoms with Gasteiger partial charge in [0, 0.05) is 17.6 Å². The molecule has 1 aliphatic carbocycles. The number of hydrogen-bond donors (Lipinski definition) is 1. The topological polar surface area (TPSA) is 59.8 Å². The summed E-state index contributed by atoms with van der Waals surface area (Å²) in [5.41, 5.74) is 4.17. The van der Waals surface area contributed by atoms with Crippen molar-refractivity contribution >= 4 is 43.4 Å².